The fraction of sp³-hybridized carbons (Fsp3) is 0.355. The highest BCUT2D eigenvalue weighted by atomic mass is 19.4. The van der Waals surface area contributed by atoms with Crippen LogP contribution in [0.3, 0.4) is 0 Å². The monoisotopic (exact) mass is 640 g/mol. The van der Waals surface area contributed by atoms with Gasteiger partial charge >= 0.3 is 12.3 Å². The molecule has 0 aromatic heterocycles. The first-order chi connectivity index (χ1) is 20.5. The molecule has 0 spiro atoms. The van der Waals surface area contributed by atoms with E-state index in [1.54, 1.807) is 6.07 Å². The first kappa shape index (κ1) is 33.3. The van der Waals surface area contributed by atoms with Gasteiger partial charge in [-0.2, -0.15) is 22.0 Å². The van der Waals surface area contributed by atoms with E-state index in [1.807, 2.05) is 6.92 Å². The first-order valence-corrected chi connectivity index (χ1v) is 13.5. The Balaban J connectivity index is 1.58. The third-order valence-electron chi connectivity index (χ3n) is 7.29. The van der Waals surface area contributed by atoms with Crippen molar-refractivity contribution in [1.82, 2.24) is 0 Å². The second-order valence-electron chi connectivity index (χ2n) is 10.4. The molecule has 1 aliphatic rings. The highest BCUT2D eigenvalue weighted by molar-refractivity contribution is 5.40. The van der Waals surface area contributed by atoms with Crippen LogP contribution in [0.4, 0.5) is 52.7 Å². The molecule has 0 aliphatic heterocycles. The maximum Gasteiger partial charge on any atom is 0.432 e. The predicted molar refractivity (Wildman–Crippen MR) is 136 cm³/mol. The Bertz CT molecular complexity index is 1500. The zero-order valence-corrected chi connectivity index (χ0v) is 22.8. The summed E-state index contributed by atoms with van der Waals surface area (Å²) < 4.78 is 174. The summed E-state index contributed by atoms with van der Waals surface area (Å²) in [7, 11) is 0. The van der Waals surface area contributed by atoms with Crippen molar-refractivity contribution < 1.29 is 57.4 Å². The number of rotatable bonds is 9. The topological polar surface area (TPSA) is 9.23 Å². The fourth-order valence-electron chi connectivity index (χ4n) is 5.24. The third kappa shape index (κ3) is 7.02. The zero-order chi connectivity index (χ0) is 32.6. The molecule has 44 heavy (non-hydrogen) atoms. The van der Waals surface area contributed by atoms with E-state index in [9.17, 15) is 43.9 Å². The van der Waals surface area contributed by atoms with Crippen molar-refractivity contribution in [2.75, 3.05) is 0 Å². The van der Waals surface area contributed by atoms with E-state index in [1.165, 1.54) is 12.1 Å². The quantitative estimate of drug-likeness (QED) is 0.167. The maximum absolute atomic E-state index is 15.2. The van der Waals surface area contributed by atoms with E-state index >= 15 is 8.78 Å². The van der Waals surface area contributed by atoms with Crippen molar-refractivity contribution in [1.29, 1.82) is 0 Å². The summed E-state index contributed by atoms with van der Waals surface area (Å²) in [5.74, 6) is -15.2. The Labute approximate surface area is 244 Å². The number of allylic oxidation sites excluding steroid dienone is 2. The van der Waals surface area contributed by atoms with Crippen LogP contribution in [0.2, 0.25) is 0 Å². The highest BCUT2D eigenvalue weighted by Gasteiger charge is 2.44. The van der Waals surface area contributed by atoms with Crippen molar-refractivity contribution in [3.05, 3.63) is 111 Å². The molecule has 0 N–H and O–H groups in total. The van der Waals surface area contributed by atoms with Crippen molar-refractivity contribution in [2.24, 2.45) is 0 Å². The molecule has 0 fully saturated rings. The van der Waals surface area contributed by atoms with Gasteiger partial charge in [0.15, 0.2) is 0 Å². The molecule has 4 rings (SSSR count). The summed E-state index contributed by atoms with van der Waals surface area (Å²) >= 11 is 0. The van der Waals surface area contributed by atoms with E-state index in [0.29, 0.717) is 12.0 Å². The van der Waals surface area contributed by atoms with Crippen molar-refractivity contribution in [3.63, 3.8) is 0 Å². The molecule has 1 aliphatic carbocycles. The summed E-state index contributed by atoms with van der Waals surface area (Å²) in [5, 5.41) is 0. The summed E-state index contributed by atoms with van der Waals surface area (Å²) in [6, 6.07) is 4.23. The van der Waals surface area contributed by atoms with Gasteiger partial charge in [-0.15, -0.1) is 0 Å². The van der Waals surface area contributed by atoms with Gasteiger partial charge in [-0.3, -0.25) is 0 Å². The molecule has 3 aromatic carbocycles. The van der Waals surface area contributed by atoms with Crippen LogP contribution in [0.25, 0.3) is 0 Å². The van der Waals surface area contributed by atoms with Gasteiger partial charge in [-0.05, 0) is 60.2 Å². The number of unbranched alkanes of at least 4 members (excludes halogenated alkanes) is 2. The van der Waals surface area contributed by atoms with E-state index in [2.05, 4.69) is 4.74 Å². The minimum atomic E-state index is -5.52. The summed E-state index contributed by atoms with van der Waals surface area (Å²) in [5.41, 5.74) is -4.55. The lowest BCUT2D eigenvalue weighted by atomic mass is 9.79. The van der Waals surface area contributed by atoms with Gasteiger partial charge in [-0.1, -0.05) is 31.9 Å². The van der Waals surface area contributed by atoms with Gasteiger partial charge < -0.3 is 4.74 Å². The van der Waals surface area contributed by atoms with Crippen molar-refractivity contribution in [2.45, 2.75) is 69.3 Å². The summed E-state index contributed by atoms with van der Waals surface area (Å²) in [6.45, 7) is 2.01. The van der Waals surface area contributed by atoms with E-state index in [-0.39, 0.29) is 29.8 Å². The smallest absolute Gasteiger partial charge is 0.429 e. The van der Waals surface area contributed by atoms with E-state index < -0.39 is 94.1 Å². The van der Waals surface area contributed by atoms with E-state index in [4.69, 9.17) is 0 Å². The number of halogens is 12. The second kappa shape index (κ2) is 12.8. The molecule has 0 radical (unpaired) electrons. The van der Waals surface area contributed by atoms with Crippen molar-refractivity contribution in [3.8, 4) is 5.75 Å². The highest BCUT2D eigenvalue weighted by Crippen LogP contribution is 2.45. The largest absolute Gasteiger partial charge is 0.432 e. The first-order valence-electron chi connectivity index (χ1n) is 13.5. The van der Waals surface area contributed by atoms with E-state index in [0.717, 1.165) is 25.3 Å². The average molecular weight is 641 g/mol. The van der Waals surface area contributed by atoms with Crippen LogP contribution in [0.15, 0.2) is 54.4 Å². The Kier molecular flexibility index (Phi) is 9.65. The van der Waals surface area contributed by atoms with Gasteiger partial charge in [0.2, 0.25) is 0 Å². The number of alkyl halides is 6. The standard InChI is InChI=1S/C31H24F12O/c1-2-3-4-5-15-6-7-19(20(32)8-15)16-9-21(33)27(22(34)10-16)17-11-23(35)29(24(36)12-17)31(42,43)44-18-13-25(37)28(26(38)14-18)30(39,40)41/h6-9,11-14,16,22,27H,2-5,10H2,1H3. The molecular formula is C31H24F12O. The lowest BCUT2D eigenvalue weighted by Crippen LogP contribution is -2.27. The number of aryl methyl sites for hydroxylation is 1. The SMILES string of the molecule is CCCCCc1ccc(C2C=C(F)C(c3cc(F)c(C(F)(F)Oc4cc(F)c(C(F)(F)F)c(F)c4)c(F)c3)C(F)C2)c(F)c1. The Morgan fingerprint density at radius 3 is 1.86 bits per heavy atom. The van der Waals surface area contributed by atoms with Crippen LogP contribution in [-0.2, 0) is 18.7 Å². The number of hydrogen-bond acceptors (Lipinski definition) is 1. The van der Waals surface area contributed by atoms with Crippen LogP contribution in [0, 0.1) is 29.1 Å². The van der Waals surface area contributed by atoms with Crippen LogP contribution < -0.4 is 4.74 Å². The van der Waals surface area contributed by atoms with Gasteiger partial charge in [0, 0.05) is 18.1 Å². The molecule has 0 saturated carbocycles. The van der Waals surface area contributed by atoms with Gasteiger partial charge in [0.1, 0.15) is 58.0 Å². The second-order valence-corrected chi connectivity index (χ2v) is 10.4. The number of ether oxygens (including phenoxy) is 1. The number of hydrogen-bond donors (Lipinski definition) is 0. The molecule has 0 amide bonds. The van der Waals surface area contributed by atoms with Crippen molar-refractivity contribution >= 4 is 0 Å². The van der Waals surface area contributed by atoms with Crippen LogP contribution in [0.1, 0.15) is 72.3 Å². The zero-order valence-electron chi connectivity index (χ0n) is 22.8. The molecule has 3 unspecified atom stereocenters. The van der Waals surface area contributed by atoms with Gasteiger partial charge in [0.25, 0.3) is 0 Å². The molecule has 238 valence electrons. The molecular weight excluding hydrogens is 616 g/mol. The van der Waals surface area contributed by atoms with Crippen LogP contribution in [-0.4, -0.2) is 6.17 Å². The summed E-state index contributed by atoms with van der Waals surface area (Å²) in [4.78, 5) is 0. The summed E-state index contributed by atoms with van der Waals surface area (Å²) in [6.07, 6.45) is -8.99. The van der Waals surface area contributed by atoms with Gasteiger partial charge in [0.05, 0.1) is 5.92 Å². The minimum Gasteiger partial charge on any atom is -0.429 e. The Hall–Kier alpha value is -3.64. The molecule has 13 heteroatoms. The fourth-order valence-corrected chi connectivity index (χ4v) is 5.24. The minimum absolute atomic E-state index is 0.00105. The molecule has 0 heterocycles. The third-order valence-corrected chi connectivity index (χ3v) is 7.29. The molecule has 0 saturated heterocycles. The molecule has 0 bridgehead atoms. The average Bonchev–Trinajstić information content (AvgIpc) is 2.86. The molecule has 3 atom stereocenters. The normalized spacial score (nSPS) is 19.2. The predicted octanol–water partition coefficient (Wildman–Crippen LogP) is 10.7. The lowest BCUT2D eigenvalue weighted by molar-refractivity contribution is -0.189. The molecule has 1 nitrogen and oxygen atoms in total. The maximum atomic E-state index is 15.2. The van der Waals surface area contributed by atoms with Crippen LogP contribution >= 0.6 is 0 Å². The Morgan fingerprint density at radius 1 is 0.750 bits per heavy atom. The molecule has 3 aromatic rings. The lowest BCUT2D eigenvalue weighted by Gasteiger charge is -2.29. The van der Waals surface area contributed by atoms with Crippen LogP contribution in [0.5, 0.6) is 5.75 Å². The van der Waals surface area contributed by atoms with Gasteiger partial charge in [-0.25, -0.2) is 30.7 Å². The Morgan fingerprint density at radius 2 is 1.34 bits per heavy atom. The number of benzene rings is 3.